The lowest BCUT2D eigenvalue weighted by molar-refractivity contribution is -0.552. The predicted octanol–water partition coefficient (Wildman–Crippen LogP) is 0.596. The van der Waals surface area contributed by atoms with E-state index in [4.69, 9.17) is 16.3 Å². The van der Waals surface area contributed by atoms with E-state index >= 15 is 0 Å². The lowest BCUT2D eigenvalue weighted by Crippen LogP contribution is -2.86. The number of amidine groups is 1. The van der Waals surface area contributed by atoms with Crippen molar-refractivity contribution < 1.29 is 4.99 Å². The van der Waals surface area contributed by atoms with E-state index in [0.717, 1.165) is 25.7 Å². The van der Waals surface area contributed by atoms with E-state index in [1.807, 2.05) is 18.2 Å². The van der Waals surface area contributed by atoms with Gasteiger partial charge in [-0.1, -0.05) is 30.3 Å². The first-order valence-corrected chi connectivity index (χ1v) is 7.52. The highest BCUT2D eigenvalue weighted by Gasteiger charge is 2.44. The first-order valence-electron chi connectivity index (χ1n) is 7.52. The highest BCUT2D eigenvalue weighted by Crippen LogP contribution is 2.37. The second-order valence-corrected chi connectivity index (χ2v) is 5.94. The smallest absolute Gasteiger partial charge is 0.286 e. The molecule has 0 saturated heterocycles. The van der Waals surface area contributed by atoms with Gasteiger partial charge in [-0.05, 0) is 24.3 Å². The molecule has 1 saturated carbocycles. The van der Waals surface area contributed by atoms with Crippen molar-refractivity contribution in [3.05, 3.63) is 35.9 Å². The lowest BCUT2D eigenvalue weighted by Gasteiger charge is -2.31. The van der Waals surface area contributed by atoms with Gasteiger partial charge in [-0.15, -0.1) is 0 Å². The third kappa shape index (κ3) is 2.46. The molecule has 1 heterocycles. The molecule has 5 nitrogen and oxygen atoms in total. The zero-order chi connectivity index (χ0) is 15.6. The molecule has 1 spiro atoms. The Morgan fingerprint density at radius 2 is 1.82 bits per heavy atom. The third-order valence-corrected chi connectivity index (χ3v) is 4.59. The van der Waals surface area contributed by atoms with Crippen molar-refractivity contribution in [2.24, 2.45) is 16.6 Å². The molecule has 2 aliphatic rings. The Kier molecular flexibility index (Phi) is 3.65. The Balaban J connectivity index is 1.77. The monoisotopic (exact) mass is 292 g/mol. The van der Waals surface area contributed by atoms with Crippen molar-refractivity contribution >= 4 is 11.5 Å². The first-order chi connectivity index (χ1) is 10.7. The molecule has 3 rings (SSSR count). The van der Waals surface area contributed by atoms with E-state index < -0.39 is 11.6 Å². The van der Waals surface area contributed by atoms with Gasteiger partial charge in [-0.25, -0.2) is 9.98 Å². The maximum Gasteiger partial charge on any atom is 0.291 e. The van der Waals surface area contributed by atoms with Crippen LogP contribution in [0.2, 0.25) is 0 Å². The van der Waals surface area contributed by atoms with Gasteiger partial charge in [-0.2, -0.15) is 10.5 Å². The number of rotatable bonds is 2. The van der Waals surface area contributed by atoms with Crippen LogP contribution in [0.1, 0.15) is 37.2 Å². The van der Waals surface area contributed by atoms with Crippen molar-refractivity contribution in [3.63, 3.8) is 0 Å². The number of nitrogens with one attached hydrogen (secondary N) is 1. The molecule has 0 unspecified atom stereocenters. The summed E-state index contributed by atoms with van der Waals surface area (Å²) in [4.78, 5) is 7.86. The molecule has 5 heteroatoms. The van der Waals surface area contributed by atoms with E-state index in [1.165, 1.54) is 5.56 Å². The van der Waals surface area contributed by atoms with Crippen molar-refractivity contribution in [2.75, 3.05) is 0 Å². The second-order valence-electron chi connectivity index (χ2n) is 5.94. The minimum absolute atomic E-state index is 0.381. The van der Waals surface area contributed by atoms with E-state index in [2.05, 4.69) is 34.3 Å². The van der Waals surface area contributed by atoms with Crippen molar-refractivity contribution in [1.82, 2.24) is 0 Å². The summed E-state index contributed by atoms with van der Waals surface area (Å²) in [6, 6.07) is 14.4. The molecule has 0 bridgehead atoms. The standard InChI is InChI=1S/C17H17N5/c18-10-14(11-19)15-16(20)22-17(21-15)8-6-13(7-9-17)12-4-2-1-3-5-12/h1-5,13-14H,6-9H2,(H2,20,22)/p+1. The molecule has 1 aromatic carbocycles. The van der Waals surface area contributed by atoms with Crippen LogP contribution < -0.4 is 10.7 Å². The van der Waals surface area contributed by atoms with E-state index in [1.54, 1.807) is 0 Å². The topological polar surface area (TPSA) is 99.9 Å². The Labute approximate surface area is 129 Å². The molecule has 0 atom stereocenters. The summed E-state index contributed by atoms with van der Waals surface area (Å²) in [5, 5.41) is 18.1. The maximum absolute atomic E-state index is 9.03. The van der Waals surface area contributed by atoms with E-state index in [9.17, 15) is 0 Å². The Morgan fingerprint density at radius 3 is 2.41 bits per heavy atom. The summed E-state index contributed by atoms with van der Waals surface area (Å²) in [5.74, 6) is 0.0295. The molecule has 1 aromatic rings. The number of hydrogen-bond donors (Lipinski definition) is 2. The number of nitriles is 2. The van der Waals surface area contributed by atoms with Crippen LogP contribution >= 0.6 is 0 Å². The number of benzene rings is 1. The largest absolute Gasteiger partial charge is 0.291 e. The molecule has 0 aromatic heterocycles. The minimum atomic E-state index is -0.890. The second kappa shape index (κ2) is 5.61. The van der Waals surface area contributed by atoms with Crippen LogP contribution in [0.4, 0.5) is 0 Å². The molecule has 1 aliphatic carbocycles. The normalized spacial score (nSPS) is 27.1. The fourth-order valence-electron chi connectivity index (χ4n) is 3.40. The molecule has 1 fully saturated rings. The van der Waals surface area contributed by atoms with Crippen molar-refractivity contribution in [3.8, 4) is 12.1 Å². The van der Waals surface area contributed by atoms with Gasteiger partial charge in [0.05, 0.1) is 12.1 Å². The third-order valence-electron chi connectivity index (χ3n) is 4.59. The number of nitrogens with zero attached hydrogens (tertiary/aromatic N) is 3. The molecular formula is C17H18N5+. The van der Waals surface area contributed by atoms with Crippen LogP contribution in [0.25, 0.3) is 0 Å². The van der Waals surface area contributed by atoms with Gasteiger partial charge in [0.15, 0.2) is 17.3 Å². The van der Waals surface area contributed by atoms with Crippen molar-refractivity contribution in [1.29, 1.82) is 10.5 Å². The van der Waals surface area contributed by atoms with Crippen LogP contribution in [-0.4, -0.2) is 17.2 Å². The van der Waals surface area contributed by atoms with Gasteiger partial charge in [0.1, 0.15) is 0 Å². The summed E-state index contributed by atoms with van der Waals surface area (Å²) in [7, 11) is 0. The summed E-state index contributed by atoms with van der Waals surface area (Å²) in [6.07, 6.45) is 3.76. The SMILES string of the molecule is N#CC(C#N)C1=NC2(CCC(c3ccccc3)CC2)[NH+]=C1N. The molecule has 22 heavy (non-hydrogen) atoms. The van der Waals surface area contributed by atoms with Gasteiger partial charge >= 0.3 is 0 Å². The first kappa shape index (κ1) is 14.3. The van der Waals surface area contributed by atoms with E-state index in [-0.39, 0.29) is 0 Å². The molecule has 0 amide bonds. The highest BCUT2D eigenvalue weighted by molar-refractivity contribution is 6.41. The zero-order valence-electron chi connectivity index (χ0n) is 12.3. The van der Waals surface area contributed by atoms with Gasteiger partial charge in [0.25, 0.3) is 5.84 Å². The summed E-state index contributed by atoms with van der Waals surface area (Å²) in [6.45, 7) is 0. The Hall–Kier alpha value is -2.66. The van der Waals surface area contributed by atoms with Crippen LogP contribution in [0, 0.1) is 28.6 Å². The van der Waals surface area contributed by atoms with Gasteiger partial charge in [0, 0.05) is 12.8 Å². The fraction of sp³-hybridized carbons (Fsp3) is 0.412. The van der Waals surface area contributed by atoms with Crippen LogP contribution in [-0.2, 0) is 0 Å². The molecule has 1 aliphatic heterocycles. The number of aliphatic imine (C=N–C) groups is 1. The molecular weight excluding hydrogens is 274 g/mol. The summed E-state index contributed by atoms with van der Waals surface area (Å²) >= 11 is 0. The summed E-state index contributed by atoms with van der Waals surface area (Å²) < 4.78 is 0. The van der Waals surface area contributed by atoms with Crippen LogP contribution in [0.3, 0.4) is 0 Å². The van der Waals surface area contributed by atoms with Gasteiger partial charge in [0.2, 0.25) is 0 Å². The van der Waals surface area contributed by atoms with Crippen LogP contribution in [0.15, 0.2) is 35.3 Å². The molecule has 0 radical (unpaired) electrons. The quantitative estimate of drug-likeness (QED) is 0.834. The Bertz CT molecular complexity index is 683. The highest BCUT2D eigenvalue weighted by atomic mass is 15.2. The van der Waals surface area contributed by atoms with Crippen LogP contribution in [0.5, 0.6) is 0 Å². The fourth-order valence-corrected chi connectivity index (χ4v) is 3.40. The summed E-state index contributed by atoms with van der Waals surface area (Å²) in [5.41, 5.74) is 7.30. The van der Waals surface area contributed by atoms with Gasteiger partial charge < -0.3 is 0 Å². The van der Waals surface area contributed by atoms with Gasteiger partial charge in [-0.3, -0.25) is 5.73 Å². The maximum atomic E-state index is 9.03. The predicted molar refractivity (Wildman–Crippen MR) is 82.7 cm³/mol. The number of nitrogens with two attached hydrogens (primary N) is 1. The average molecular weight is 292 g/mol. The minimum Gasteiger partial charge on any atom is -0.286 e. The van der Waals surface area contributed by atoms with Crippen molar-refractivity contribution in [2.45, 2.75) is 37.3 Å². The van der Waals surface area contributed by atoms with E-state index in [0.29, 0.717) is 17.5 Å². The average Bonchev–Trinajstić information content (AvgIpc) is 2.87. The zero-order valence-corrected chi connectivity index (χ0v) is 12.3. The lowest BCUT2D eigenvalue weighted by atomic mass is 9.79. The number of hydrogen-bond acceptors (Lipinski definition) is 4. The molecule has 110 valence electrons. The Morgan fingerprint density at radius 1 is 1.18 bits per heavy atom. The molecule has 3 N–H and O–H groups in total.